The summed E-state index contributed by atoms with van der Waals surface area (Å²) in [7, 11) is 1.57. The third-order valence-electron chi connectivity index (χ3n) is 2.69. The zero-order valence-electron chi connectivity index (χ0n) is 10.8. The second-order valence-electron chi connectivity index (χ2n) is 4.11. The molecular weight excluding hydrogens is 308 g/mol. The minimum Gasteiger partial charge on any atom is -0.496 e. The molecule has 0 radical (unpaired) electrons. The first-order chi connectivity index (χ1) is 9.11. The van der Waals surface area contributed by atoms with E-state index in [-0.39, 0.29) is 0 Å². The number of hydrogen-bond acceptors (Lipinski definition) is 3. The van der Waals surface area contributed by atoms with E-state index in [1.807, 2.05) is 36.4 Å². The first-order valence-electron chi connectivity index (χ1n) is 5.90. The summed E-state index contributed by atoms with van der Waals surface area (Å²) in [6, 6.07) is 13.0. The van der Waals surface area contributed by atoms with Crippen molar-refractivity contribution in [2.75, 3.05) is 7.11 Å². The molecule has 2 rings (SSSR count). The zero-order valence-corrected chi connectivity index (χ0v) is 12.3. The van der Waals surface area contributed by atoms with Crippen LogP contribution in [0.3, 0.4) is 0 Å². The van der Waals surface area contributed by atoms with Gasteiger partial charge in [-0.15, -0.1) is 0 Å². The van der Waals surface area contributed by atoms with Crippen molar-refractivity contribution in [2.45, 2.75) is 13.0 Å². The Hall–Kier alpha value is -1.52. The van der Waals surface area contributed by atoms with Crippen LogP contribution in [0.4, 0.5) is 0 Å². The van der Waals surface area contributed by atoms with Crippen LogP contribution in [-0.4, -0.2) is 12.2 Å². The van der Waals surface area contributed by atoms with Gasteiger partial charge in [-0.2, -0.15) is 0 Å². The quantitative estimate of drug-likeness (QED) is 0.911. The molecule has 0 saturated carbocycles. The fourth-order valence-electron chi connectivity index (χ4n) is 1.86. The second-order valence-corrected chi connectivity index (χ2v) is 5.02. The van der Waals surface area contributed by atoms with E-state index < -0.39 is 6.10 Å². The molecule has 3 nitrogen and oxygen atoms in total. The lowest BCUT2D eigenvalue weighted by atomic mass is 10.1. The summed E-state index contributed by atoms with van der Waals surface area (Å²) in [6.07, 6.45) is -0.668. The highest BCUT2D eigenvalue weighted by molar-refractivity contribution is 9.10. The lowest BCUT2D eigenvalue weighted by Gasteiger charge is -2.16. The predicted molar refractivity (Wildman–Crippen MR) is 77.8 cm³/mol. The van der Waals surface area contributed by atoms with E-state index in [1.165, 1.54) is 0 Å². The minimum atomic E-state index is -0.668. The van der Waals surface area contributed by atoms with Gasteiger partial charge in [-0.25, -0.2) is 0 Å². The van der Waals surface area contributed by atoms with Crippen molar-refractivity contribution < 1.29 is 14.6 Å². The Bertz CT molecular complexity index is 567. The first kappa shape index (κ1) is 13.9. The van der Waals surface area contributed by atoms with Crippen LogP contribution in [0.25, 0.3) is 0 Å². The van der Waals surface area contributed by atoms with Crippen LogP contribution in [0.5, 0.6) is 17.2 Å². The number of methoxy groups -OCH3 is 1. The third-order valence-corrected chi connectivity index (χ3v) is 3.18. The van der Waals surface area contributed by atoms with Crippen LogP contribution in [0.2, 0.25) is 0 Å². The fourth-order valence-corrected chi connectivity index (χ4v) is 2.24. The van der Waals surface area contributed by atoms with Crippen LogP contribution in [0, 0.1) is 0 Å². The standard InChI is InChI=1S/C15H15BrO3/c1-10(17)15-13(18-2)7-4-8-14(15)19-12-6-3-5-11(16)9-12/h3-10,17H,1-2H3/t10-/m1/s1. The van der Waals surface area contributed by atoms with E-state index in [2.05, 4.69) is 15.9 Å². The van der Waals surface area contributed by atoms with Crippen molar-refractivity contribution >= 4 is 15.9 Å². The molecule has 0 saturated heterocycles. The van der Waals surface area contributed by atoms with Crippen molar-refractivity contribution in [3.63, 3.8) is 0 Å². The number of aliphatic hydroxyl groups is 1. The van der Waals surface area contributed by atoms with Crippen LogP contribution in [0.15, 0.2) is 46.9 Å². The SMILES string of the molecule is COc1cccc(Oc2cccc(Br)c2)c1[C@@H](C)O. The molecule has 0 amide bonds. The van der Waals surface area contributed by atoms with Gasteiger partial charge in [0.25, 0.3) is 0 Å². The summed E-state index contributed by atoms with van der Waals surface area (Å²) >= 11 is 3.40. The molecule has 19 heavy (non-hydrogen) atoms. The summed E-state index contributed by atoms with van der Waals surface area (Å²) in [5.41, 5.74) is 0.643. The maximum absolute atomic E-state index is 9.88. The van der Waals surface area contributed by atoms with Crippen molar-refractivity contribution in [1.82, 2.24) is 0 Å². The number of hydrogen-bond donors (Lipinski definition) is 1. The third kappa shape index (κ3) is 3.28. The van der Waals surface area contributed by atoms with Crippen molar-refractivity contribution in [1.29, 1.82) is 0 Å². The molecule has 2 aromatic rings. The van der Waals surface area contributed by atoms with Crippen LogP contribution < -0.4 is 9.47 Å². The molecule has 0 aliphatic heterocycles. The number of benzene rings is 2. The van der Waals surface area contributed by atoms with Gasteiger partial charge >= 0.3 is 0 Å². The molecule has 0 spiro atoms. The Morgan fingerprint density at radius 1 is 1.11 bits per heavy atom. The monoisotopic (exact) mass is 322 g/mol. The summed E-state index contributed by atoms with van der Waals surface area (Å²) < 4.78 is 12.0. The molecule has 0 aromatic heterocycles. The molecule has 1 atom stereocenters. The average molecular weight is 323 g/mol. The van der Waals surface area contributed by atoms with E-state index in [1.54, 1.807) is 20.1 Å². The van der Waals surface area contributed by atoms with Crippen LogP contribution in [0.1, 0.15) is 18.6 Å². The molecule has 0 unspecified atom stereocenters. The molecule has 0 aliphatic rings. The van der Waals surface area contributed by atoms with E-state index in [0.29, 0.717) is 22.8 Å². The van der Waals surface area contributed by atoms with E-state index in [9.17, 15) is 5.11 Å². The molecule has 100 valence electrons. The largest absolute Gasteiger partial charge is 0.496 e. The van der Waals surface area contributed by atoms with Gasteiger partial charge in [0.2, 0.25) is 0 Å². The smallest absolute Gasteiger partial charge is 0.136 e. The Labute approximate surface area is 120 Å². The molecule has 2 aromatic carbocycles. The fraction of sp³-hybridized carbons (Fsp3) is 0.200. The highest BCUT2D eigenvalue weighted by Gasteiger charge is 2.15. The molecule has 1 N–H and O–H groups in total. The van der Waals surface area contributed by atoms with Crippen molar-refractivity contribution in [3.05, 3.63) is 52.5 Å². The van der Waals surface area contributed by atoms with Gasteiger partial charge in [0.15, 0.2) is 0 Å². The zero-order chi connectivity index (χ0) is 13.8. The maximum Gasteiger partial charge on any atom is 0.136 e. The van der Waals surface area contributed by atoms with Gasteiger partial charge in [-0.1, -0.05) is 28.1 Å². The van der Waals surface area contributed by atoms with E-state index in [4.69, 9.17) is 9.47 Å². The average Bonchev–Trinajstić information content (AvgIpc) is 2.38. The summed E-state index contributed by atoms with van der Waals surface area (Å²) in [5.74, 6) is 1.90. The number of aliphatic hydroxyl groups excluding tert-OH is 1. The van der Waals surface area contributed by atoms with Gasteiger partial charge in [0.1, 0.15) is 17.2 Å². The molecule has 0 fully saturated rings. The van der Waals surface area contributed by atoms with E-state index in [0.717, 1.165) is 4.47 Å². The molecule has 0 bridgehead atoms. The number of rotatable bonds is 4. The lowest BCUT2D eigenvalue weighted by molar-refractivity contribution is 0.190. The molecule has 4 heteroatoms. The van der Waals surface area contributed by atoms with Gasteiger partial charge in [0, 0.05) is 4.47 Å². The Kier molecular flexibility index (Phi) is 4.45. The molecule has 0 aliphatic carbocycles. The summed E-state index contributed by atoms with van der Waals surface area (Å²) in [5, 5.41) is 9.88. The summed E-state index contributed by atoms with van der Waals surface area (Å²) in [4.78, 5) is 0. The summed E-state index contributed by atoms with van der Waals surface area (Å²) in [6.45, 7) is 1.69. The first-order valence-corrected chi connectivity index (χ1v) is 6.69. The minimum absolute atomic E-state index is 0.590. The highest BCUT2D eigenvalue weighted by atomic mass is 79.9. The molecule has 0 heterocycles. The lowest BCUT2D eigenvalue weighted by Crippen LogP contribution is -2.00. The maximum atomic E-state index is 9.88. The Balaban J connectivity index is 2.39. The Morgan fingerprint density at radius 2 is 1.79 bits per heavy atom. The van der Waals surface area contributed by atoms with Crippen LogP contribution >= 0.6 is 15.9 Å². The van der Waals surface area contributed by atoms with Crippen molar-refractivity contribution in [3.8, 4) is 17.2 Å². The van der Waals surface area contributed by atoms with E-state index >= 15 is 0 Å². The van der Waals surface area contributed by atoms with Gasteiger partial charge in [0.05, 0.1) is 18.8 Å². The van der Waals surface area contributed by atoms with Gasteiger partial charge in [-0.05, 0) is 37.3 Å². The second kappa shape index (κ2) is 6.08. The number of ether oxygens (including phenoxy) is 2. The van der Waals surface area contributed by atoms with Gasteiger partial charge < -0.3 is 14.6 Å². The van der Waals surface area contributed by atoms with Crippen LogP contribution in [-0.2, 0) is 0 Å². The topological polar surface area (TPSA) is 38.7 Å². The van der Waals surface area contributed by atoms with Crippen molar-refractivity contribution in [2.24, 2.45) is 0 Å². The van der Waals surface area contributed by atoms with Gasteiger partial charge in [-0.3, -0.25) is 0 Å². The Morgan fingerprint density at radius 3 is 2.42 bits per heavy atom. The predicted octanol–water partition coefficient (Wildman–Crippen LogP) is 4.30. The highest BCUT2D eigenvalue weighted by Crippen LogP contribution is 2.36. The molecular formula is C15H15BrO3. The number of halogens is 1. The normalized spacial score (nSPS) is 12.0.